The summed E-state index contributed by atoms with van der Waals surface area (Å²) >= 11 is 1.83. The van der Waals surface area contributed by atoms with Gasteiger partial charge in [-0.2, -0.15) is 0 Å². The van der Waals surface area contributed by atoms with Crippen molar-refractivity contribution in [2.45, 2.75) is 26.8 Å². The third-order valence-electron chi connectivity index (χ3n) is 2.44. The molecule has 18 heavy (non-hydrogen) atoms. The van der Waals surface area contributed by atoms with Crippen molar-refractivity contribution in [3.63, 3.8) is 0 Å². The smallest absolute Gasteiger partial charge is 0.218 e. The topological polar surface area (TPSA) is 47.0 Å². The molecule has 0 radical (unpaired) electrons. The Bertz CT molecular complexity index is 498. The van der Waals surface area contributed by atoms with Crippen molar-refractivity contribution in [2.75, 3.05) is 11.9 Å². The molecule has 0 unspecified atom stereocenters. The van der Waals surface area contributed by atoms with E-state index in [0.717, 1.165) is 18.8 Å². The molecular weight excluding hydrogens is 246 g/mol. The van der Waals surface area contributed by atoms with E-state index in [0.29, 0.717) is 12.5 Å². The number of rotatable bonds is 6. The van der Waals surface area contributed by atoms with Crippen LogP contribution < -0.4 is 10.1 Å². The summed E-state index contributed by atoms with van der Waals surface area (Å²) in [6, 6.07) is 6.15. The maximum absolute atomic E-state index is 5.33. The van der Waals surface area contributed by atoms with Gasteiger partial charge < -0.3 is 10.1 Å². The van der Waals surface area contributed by atoms with Gasteiger partial charge in [0.15, 0.2) is 0 Å². The van der Waals surface area contributed by atoms with Crippen LogP contribution in [0.3, 0.4) is 0 Å². The molecule has 0 bridgehead atoms. The quantitative estimate of drug-likeness (QED) is 0.870. The van der Waals surface area contributed by atoms with Crippen molar-refractivity contribution in [3.8, 4) is 5.88 Å². The Kier molecular flexibility index (Phi) is 4.52. The first kappa shape index (κ1) is 12.8. The Morgan fingerprint density at radius 1 is 1.22 bits per heavy atom. The highest BCUT2D eigenvalue weighted by molar-refractivity contribution is 7.12. The fourth-order valence-corrected chi connectivity index (χ4v) is 2.45. The van der Waals surface area contributed by atoms with E-state index in [1.807, 2.05) is 24.3 Å². The predicted molar refractivity (Wildman–Crippen MR) is 74.2 cm³/mol. The summed E-state index contributed by atoms with van der Waals surface area (Å²) in [7, 11) is 0. The third-order valence-corrected chi connectivity index (χ3v) is 3.67. The van der Waals surface area contributed by atoms with E-state index in [1.165, 1.54) is 16.1 Å². The van der Waals surface area contributed by atoms with Gasteiger partial charge in [-0.25, -0.2) is 9.97 Å². The molecule has 2 heterocycles. The predicted octanol–water partition coefficient (Wildman–Crippen LogP) is 3.11. The maximum Gasteiger partial charge on any atom is 0.218 e. The average molecular weight is 263 g/mol. The Morgan fingerprint density at radius 3 is 2.78 bits per heavy atom. The van der Waals surface area contributed by atoms with Gasteiger partial charge in [0, 0.05) is 15.8 Å². The molecule has 0 aliphatic heterocycles. The van der Waals surface area contributed by atoms with Crippen molar-refractivity contribution in [1.82, 2.24) is 9.97 Å². The molecule has 0 saturated heterocycles. The number of nitrogens with one attached hydrogen (secondary N) is 1. The maximum atomic E-state index is 5.33. The highest BCUT2D eigenvalue weighted by Crippen LogP contribution is 2.18. The molecule has 2 aromatic rings. The lowest BCUT2D eigenvalue weighted by molar-refractivity contribution is 0.326. The minimum absolute atomic E-state index is 0.607. The van der Waals surface area contributed by atoms with Crippen LogP contribution in [0.1, 0.15) is 23.6 Å². The van der Waals surface area contributed by atoms with Gasteiger partial charge >= 0.3 is 0 Å². The van der Waals surface area contributed by atoms with Crippen LogP contribution in [0.15, 0.2) is 24.5 Å². The van der Waals surface area contributed by atoms with Gasteiger partial charge in [-0.15, -0.1) is 11.3 Å². The number of aryl methyl sites for hydroxylation is 1. The molecule has 0 spiro atoms. The minimum Gasteiger partial charge on any atom is -0.478 e. The normalized spacial score (nSPS) is 10.3. The van der Waals surface area contributed by atoms with Crippen molar-refractivity contribution in [2.24, 2.45) is 0 Å². The number of hydrogen-bond donors (Lipinski definition) is 1. The Labute approximate surface area is 111 Å². The van der Waals surface area contributed by atoms with Gasteiger partial charge in [0.05, 0.1) is 13.2 Å². The SMILES string of the molecule is CCOc1cc(NCc2ccc(CC)s2)ncn1. The van der Waals surface area contributed by atoms with E-state index in [4.69, 9.17) is 4.74 Å². The lowest BCUT2D eigenvalue weighted by Crippen LogP contribution is -2.01. The second-order valence-corrected chi connectivity index (χ2v) is 5.00. The summed E-state index contributed by atoms with van der Waals surface area (Å²) in [4.78, 5) is 10.9. The largest absolute Gasteiger partial charge is 0.478 e. The Hall–Kier alpha value is -1.62. The number of hydrogen-bond acceptors (Lipinski definition) is 5. The van der Waals surface area contributed by atoms with E-state index in [2.05, 4.69) is 34.3 Å². The van der Waals surface area contributed by atoms with Gasteiger partial charge in [-0.1, -0.05) is 6.92 Å². The van der Waals surface area contributed by atoms with E-state index in [9.17, 15) is 0 Å². The number of nitrogens with zero attached hydrogens (tertiary/aromatic N) is 2. The first-order chi connectivity index (χ1) is 8.81. The molecule has 0 aromatic carbocycles. The summed E-state index contributed by atoms with van der Waals surface area (Å²) in [5, 5.41) is 3.28. The Morgan fingerprint density at radius 2 is 2.06 bits per heavy atom. The third kappa shape index (κ3) is 3.43. The van der Waals surface area contributed by atoms with Gasteiger partial charge in [0.1, 0.15) is 12.1 Å². The molecular formula is C13H17N3OS. The zero-order chi connectivity index (χ0) is 12.8. The van der Waals surface area contributed by atoms with Crippen LogP contribution in [0.5, 0.6) is 5.88 Å². The zero-order valence-electron chi connectivity index (χ0n) is 10.6. The molecule has 4 nitrogen and oxygen atoms in total. The van der Waals surface area contributed by atoms with Gasteiger partial charge in [-0.3, -0.25) is 0 Å². The number of ether oxygens (including phenoxy) is 1. The molecule has 0 amide bonds. The van der Waals surface area contributed by atoms with Crippen LogP contribution in [0.2, 0.25) is 0 Å². The molecule has 1 N–H and O–H groups in total. The van der Waals surface area contributed by atoms with E-state index < -0.39 is 0 Å². The minimum atomic E-state index is 0.607. The van der Waals surface area contributed by atoms with Crippen molar-refractivity contribution in [1.29, 1.82) is 0 Å². The van der Waals surface area contributed by atoms with Gasteiger partial charge in [0.2, 0.25) is 5.88 Å². The number of thiophene rings is 1. The van der Waals surface area contributed by atoms with Crippen molar-refractivity contribution in [3.05, 3.63) is 34.3 Å². The average Bonchev–Trinajstić information content (AvgIpc) is 2.85. The lowest BCUT2D eigenvalue weighted by atomic mass is 10.3. The van der Waals surface area contributed by atoms with E-state index in [1.54, 1.807) is 0 Å². The van der Waals surface area contributed by atoms with Crippen LogP contribution in [0.25, 0.3) is 0 Å². The lowest BCUT2D eigenvalue weighted by Gasteiger charge is -2.05. The van der Waals surface area contributed by atoms with Crippen molar-refractivity contribution >= 4 is 17.2 Å². The second-order valence-electron chi connectivity index (χ2n) is 3.75. The van der Waals surface area contributed by atoms with E-state index >= 15 is 0 Å². The van der Waals surface area contributed by atoms with Crippen LogP contribution >= 0.6 is 11.3 Å². The van der Waals surface area contributed by atoms with Crippen LogP contribution in [0.4, 0.5) is 5.82 Å². The van der Waals surface area contributed by atoms with E-state index in [-0.39, 0.29) is 0 Å². The highest BCUT2D eigenvalue weighted by Gasteiger charge is 2.01. The molecule has 0 fully saturated rings. The number of anilines is 1. The Balaban J connectivity index is 1.94. The summed E-state index contributed by atoms with van der Waals surface area (Å²) in [6.45, 7) is 5.50. The molecule has 0 aliphatic carbocycles. The molecule has 2 rings (SSSR count). The summed E-state index contributed by atoms with van der Waals surface area (Å²) < 4.78 is 5.33. The monoisotopic (exact) mass is 263 g/mol. The van der Waals surface area contributed by atoms with Crippen LogP contribution in [0, 0.1) is 0 Å². The fourth-order valence-electron chi connectivity index (χ4n) is 1.55. The summed E-state index contributed by atoms with van der Waals surface area (Å²) in [5.41, 5.74) is 0. The molecule has 5 heteroatoms. The van der Waals surface area contributed by atoms with Crippen molar-refractivity contribution < 1.29 is 4.74 Å². The summed E-state index contributed by atoms with van der Waals surface area (Å²) in [6.07, 6.45) is 2.60. The summed E-state index contributed by atoms with van der Waals surface area (Å²) in [5.74, 6) is 1.40. The zero-order valence-corrected chi connectivity index (χ0v) is 11.5. The number of aromatic nitrogens is 2. The molecule has 0 aliphatic rings. The fraction of sp³-hybridized carbons (Fsp3) is 0.385. The molecule has 0 saturated carbocycles. The van der Waals surface area contributed by atoms with Gasteiger partial charge in [0.25, 0.3) is 0 Å². The standard InChI is InChI=1S/C13H17N3OS/c1-3-10-5-6-11(18-10)8-14-12-7-13(17-4-2)16-9-15-12/h5-7,9H,3-4,8H2,1-2H3,(H,14,15,16). The van der Waals surface area contributed by atoms with Crippen LogP contribution in [-0.4, -0.2) is 16.6 Å². The molecule has 0 atom stereocenters. The first-order valence-electron chi connectivity index (χ1n) is 6.08. The molecule has 96 valence electrons. The highest BCUT2D eigenvalue weighted by atomic mass is 32.1. The van der Waals surface area contributed by atoms with Crippen LogP contribution in [-0.2, 0) is 13.0 Å². The first-order valence-corrected chi connectivity index (χ1v) is 6.89. The molecule has 2 aromatic heterocycles. The second kappa shape index (κ2) is 6.35. The van der Waals surface area contributed by atoms with Gasteiger partial charge in [-0.05, 0) is 25.5 Å².